The first kappa shape index (κ1) is 14.2. The highest BCUT2D eigenvalue weighted by Gasteiger charge is 2.24. The zero-order chi connectivity index (χ0) is 14.2. The molecule has 1 N–H and O–H groups in total. The van der Waals surface area contributed by atoms with Crippen molar-refractivity contribution < 1.29 is 0 Å². The maximum Gasteiger partial charge on any atom is 0.127 e. The molecule has 2 aromatic heterocycles. The molecule has 0 aliphatic heterocycles. The molecule has 4 nitrogen and oxygen atoms in total. The van der Waals surface area contributed by atoms with Crippen LogP contribution < -0.4 is 5.32 Å². The third-order valence-electron chi connectivity index (χ3n) is 3.15. The summed E-state index contributed by atoms with van der Waals surface area (Å²) < 4.78 is 1.87. The number of rotatable bonds is 3. The van der Waals surface area contributed by atoms with E-state index >= 15 is 0 Å². The molecule has 19 heavy (non-hydrogen) atoms. The third kappa shape index (κ3) is 2.87. The van der Waals surface area contributed by atoms with Crippen LogP contribution in [0.15, 0.2) is 12.4 Å². The number of aromatic nitrogens is 3. The zero-order valence-electron chi connectivity index (χ0n) is 12.5. The zero-order valence-corrected chi connectivity index (χ0v) is 13.3. The molecule has 2 aromatic rings. The Labute approximate surface area is 118 Å². The van der Waals surface area contributed by atoms with Crippen molar-refractivity contribution in [1.29, 1.82) is 0 Å². The monoisotopic (exact) mass is 278 g/mol. The van der Waals surface area contributed by atoms with Crippen molar-refractivity contribution >= 4 is 11.3 Å². The van der Waals surface area contributed by atoms with E-state index in [1.165, 1.54) is 4.88 Å². The molecule has 0 bridgehead atoms. The lowest BCUT2D eigenvalue weighted by Gasteiger charge is -2.16. The molecule has 2 heterocycles. The Morgan fingerprint density at radius 3 is 2.63 bits per heavy atom. The van der Waals surface area contributed by atoms with Gasteiger partial charge in [-0.15, -0.1) is 11.3 Å². The summed E-state index contributed by atoms with van der Waals surface area (Å²) in [6, 6.07) is 0.334. The summed E-state index contributed by atoms with van der Waals surface area (Å²) in [6.45, 7) is 8.70. The normalized spacial score (nSPS) is 13.8. The van der Waals surface area contributed by atoms with Gasteiger partial charge in [0.15, 0.2) is 0 Å². The number of aryl methyl sites for hydroxylation is 1. The van der Waals surface area contributed by atoms with E-state index < -0.39 is 0 Å². The van der Waals surface area contributed by atoms with Gasteiger partial charge in [-0.2, -0.15) is 5.10 Å². The lowest BCUT2D eigenvalue weighted by molar-refractivity contribution is 0.554. The average molecular weight is 278 g/mol. The van der Waals surface area contributed by atoms with Crippen molar-refractivity contribution in [3.8, 4) is 10.6 Å². The quantitative estimate of drug-likeness (QED) is 0.938. The van der Waals surface area contributed by atoms with Gasteiger partial charge in [-0.3, -0.25) is 4.68 Å². The fourth-order valence-electron chi connectivity index (χ4n) is 1.95. The molecule has 1 atom stereocenters. The van der Waals surface area contributed by atoms with Crippen molar-refractivity contribution in [2.24, 2.45) is 7.05 Å². The number of nitrogens with one attached hydrogen (secondary N) is 1. The third-order valence-corrected chi connectivity index (χ3v) is 4.37. The first-order chi connectivity index (χ1) is 8.82. The topological polar surface area (TPSA) is 42.7 Å². The molecule has 0 amide bonds. The highest BCUT2D eigenvalue weighted by molar-refractivity contribution is 7.15. The van der Waals surface area contributed by atoms with Gasteiger partial charge in [0.1, 0.15) is 5.01 Å². The van der Waals surface area contributed by atoms with Crippen LogP contribution in [0.1, 0.15) is 44.3 Å². The predicted octanol–water partition coefficient (Wildman–Crippen LogP) is 3.12. The van der Waals surface area contributed by atoms with E-state index in [1.807, 2.05) is 25.0 Å². The minimum absolute atomic E-state index is 0.0249. The van der Waals surface area contributed by atoms with E-state index in [-0.39, 0.29) is 5.41 Å². The molecule has 0 radical (unpaired) electrons. The minimum Gasteiger partial charge on any atom is -0.312 e. The van der Waals surface area contributed by atoms with E-state index in [2.05, 4.69) is 49.3 Å². The standard InChI is InChI=1S/C14H22N4S/c1-9(15-5)11-7-16-13(19-11)10-8-18(6)17-12(10)14(2,3)4/h7-9,15H,1-6H3. The van der Waals surface area contributed by atoms with Crippen LogP contribution >= 0.6 is 11.3 Å². The second kappa shape index (κ2) is 5.06. The smallest absolute Gasteiger partial charge is 0.127 e. The molecule has 0 spiro atoms. The van der Waals surface area contributed by atoms with Crippen LogP contribution in [-0.2, 0) is 12.5 Å². The van der Waals surface area contributed by atoms with Crippen molar-refractivity contribution in [3.63, 3.8) is 0 Å². The number of hydrogen-bond acceptors (Lipinski definition) is 4. The Kier molecular flexibility index (Phi) is 3.78. The van der Waals surface area contributed by atoms with E-state index in [4.69, 9.17) is 0 Å². The largest absolute Gasteiger partial charge is 0.312 e. The van der Waals surface area contributed by atoms with E-state index in [1.54, 1.807) is 11.3 Å². The fourth-order valence-corrected chi connectivity index (χ4v) is 2.94. The molecule has 104 valence electrons. The summed E-state index contributed by atoms with van der Waals surface area (Å²) in [5, 5.41) is 8.90. The van der Waals surface area contributed by atoms with Gasteiger partial charge in [-0.05, 0) is 14.0 Å². The summed E-state index contributed by atoms with van der Waals surface area (Å²) in [5.41, 5.74) is 2.28. The summed E-state index contributed by atoms with van der Waals surface area (Å²) >= 11 is 1.74. The number of thiazole rings is 1. The molecule has 0 aromatic carbocycles. The molecule has 0 aliphatic rings. The first-order valence-corrected chi connectivity index (χ1v) is 7.32. The summed E-state index contributed by atoms with van der Waals surface area (Å²) in [6.07, 6.45) is 4.02. The molecule has 0 saturated heterocycles. The fraction of sp³-hybridized carbons (Fsp3) is 0.571. The van der Waals surface area contributed by atoms with Gasteiger partial charge in [0.25, 0.3) is 0 Å². The van der Waals surface area contributed by atoms with Gasteiger partial charge in [0.05, 0.1) is 11.3 Å². The van der Waals surface area contributed by atoms with Crippen molar-refractivity contribution in [1.82, 2.24) is 20.1 Å². The highest BCUT2D eigenvalue weighted by Crippen LogP contribution is 2.35. The van der Waals surface area contributed by atoms with Crippen LogP contribution in [0.25, 0.3) is 10.6 Å². The maximum absolute atomic E-state index is 4.60. The Morgan fingerprint density at radius 2 is 2.05 bits per heavy atom. The van der Waals surface area contributed by atoms with Crippen LogP contribution in [0.4, 0.5) is 0 Å². The van der Waals surface area contributed by atoms with Gasteiger partial charge < -0.3 is 5.32 Å². The van der Waals surface area contributed by atoms with E-state index in [0.29, 0.717) is 6.04 Å². The Hall–Kier alpha value is -1.20. The van der Waals surface area contributed by atoms with Crippen LogP contribution in [-0.4, -0.2) is 21.8 Å². The number of hydrogen-bond donors (Lipinski definition) is 1. The first-order valence-electron chi connectivity index (χ1n) is 6.50. The van der Waals surface area contributed by atoms with Crippen molar-refractivity contribution in [2.45, 2.75) is 39.2 Å². The molecule has 0 saturated carbocycles. The lowest BCUT2D eigenvalue weighted by Crippen LogP contribution is -2.13. The van der Waals surface area contributed by atoms with E-state index in [0.717, 1.165) is 16.3 Å². The number of nitrogens with zero attached hydrogens (tertiary/aromatic N) is 3. The molecular formula is C14H22N4S. The van der Waals surface area contributed by atoms with Gasteiger partial charge >= 0.3 is 0 Å². The molecule has 2 rings (SSSR count). The maximum atomic E-state index is 4.60. The van der Waals surface area contributed by atoms with Crippen LogP contribution in [0.2, 0.25) is 0 Å². The summed E-state index contributed by atoms with van der Waals surface area (Å²) in [5.74, 6) is 0. The van der Waals surface area contributed by atoms with Gasteiger partial charge in [-0.25, -0.2) is 4.98 Å². The molecule has 5 heteroatoms. The molecule has 1 unspecified atom stereocenters. The van der Waals surface area contributed by atoms with Crippen molar-refractivity contribution in [3.05, 3.63) is 23.0 Å². The predicted molar refractivity (Wildman–Crippen MR) is 80.5 cm³/mol. The molecule has 0 fully saturated rings. The average Bonchev–Trinajstić information content (AvgIpc) is 2.92. The van der Waals surface area contributed by atoms with Crippen LogP contribution in [0.5, 0.6) is 0 Å². The summed E-state index contributed by atoms with van der Waals surface area (Å²) in [4.78, 5) is 5.82. The van der Waals surface area contributed by atoms with Crippen LogP contribution in [0.3, 0.4) is 0 Å². The Morgan fingerprint density at radius 1 is 1.37 bits per heavy atom. The highest BCUT2D eigenvalue weighted by atomic mass is 32.1. The van der Waals surface area contributed by atoms with Gasteiger partial charge in [0.2, 0.25) is 0 Å². The van der Waals surface area contributed by atoms with Crippen LogP contribution in [0, 0.1) is 0 Å². The minimum atomic E-state index is 0.0249. The molecular weight excluding hydrogens is 256 g/mol. The Balaban J connectivity index is 2.45. The van der Waals surface area contributed by atoms with Crippen molar-refractivity contribution in [2.75, 3.05) is 7.05 Å². The second-order valence-electron chi connectivity index (χ2n) is 5.89. The van der Waals surface area contributed by atoms with E-state index in [9.17, 15) is 0 Å². The second-order valence-corrected chi connectivity index (χ2v) is 6.96. The van der Waals surface area contributed by atoms with Gasteiger partial charge in [-0.1, -0.05) is 20.8 Å². The SMILES string of the molecule is CNC(C)c1cnc(-c2cn(C)nc2C(C)(C)C)s1. The Bertz CT molecular complexity index is 562. The van der Waals surface area contributed by atoms with Gasteiger partial charge in [0, 0.05) is 35.8 Å². The molecule has 0 aliphatic carbocycles. The summed E-state index contributed by atoms with van der Waals surface area (Å²) in [7, 11) is 3.93. The lowest BCUT2D eigenvalue weighted by atomic mass is 9.90.